The Morgan fingerprint density at radius 3 is 3.05 bits per heavy atom. The number of benzene rings is 1. The van der Waals surface area contributed by atoms with E-state index in [9.17, 15) is 0 Å². The van der Waals surface area contributed by atoms with Gasteiger partial charge in [-0.1, -0.05) is 13.0 Å². The Balaban J connectivity index is 1.95. The lowest BCUT2D eigenvalue weighted by Crippen LogP contribution is -2.09. The fourth-order valence-corrected chi connectivity index (χ4v) is 2.36. The van der Waals surface area contributed by atoms with E-state index in [1.165, 1.54) is 11.9 Å². The highest BCUT2D eigenvalue weighted by Gasteiger charge is 2.11. The van der Waals surface area contributed by atoms with Gasteiger partial charge in [-0.15, -0.1) is 0 Å². The van der Waals surface area contributed by atoms with Crippen LogP contribution in [0, 0.1) is 0 Å². The van der Waals surface area contributed by atoms with Crippen LogP contribution in [-0.2, 0) is 19.4 Å². The van der Waals surface area contributed by atoms with E-state index in [0.717, 1.165) is 28.8 Å². The van der Waals surface area contributed by atoms with Crippen LogP contribution in [0.4, 0.5) is 0 Å². The highest BCUT2D eigenvalue weighted by Crippen LogP contribution is 2.24. The molecule has 0 bridgehead atoms. The number of fused-ring (bicyclic) bond motifs is 1. The molecule has 104 valence electrons. The standard InChI is InChI=1S/C15H17N3O2/c1-2-11-3-4-14-13(7-11)12(9-20-14)8-15-16-10-17-18(15)5-6-19/h3-4,7,9-10,19H,2,5-6,8H2,1H3. The van der Waals surface area contributed by atoms with E-state index in [1.54, 1.807) is 10.9 Å². The summed E-state index contributed by atoms with van der Waals surface area (Å²) in [5.41, 5.74) is 3.28. The Labute approximate surface area is 116 Å². The molecule has 2 aromatic heterocycles. The maximum atomic E-state index is 9.02. The van der Waals surface area contributed by atoms with Gasteiger partial charge in [0.25, 0.3) is 0 Å². The second-order valence-electron chi connectivity index (χ2n) is 4.74. The molecule has 5 heteroatoms. The molecule has 0 amide bonds. The lowest BCUT2D eigenvalue weighted by atomic mass is 10.1. The second-order valence-corrected chi connectivity index (χ2v) is 4.74. The number of rotatable bonds is 5. The SMILES string of the molecule is CCc1ccc2occ(Cc3ncnn3CCO)c2c1. The van der Waals surface area contributed by atoms with Crippen molar-refractivity contribution in [3.8, 4) is 0 Å². The number of hydrogen-bond acceptors (Lipinski definition) is 4. The molecule has 0 radical (unpaired) electrons. The summed E-state index contributed by atoms with van der Waals surface area (Å²) in [5, 5.41) is 14.3. The Morgan fingerprint density at radius 2 is 2.25 bits per heavy atom. The number of hydrogen-bond donors (Lipinski definition) is 1. The molecule has 0 saturated heterocycles. The van der Waals surface area contributed by atoms with Crippen molar-refractivity contribution in [1.82, 2.24) is 14.8 Å². The highest BCUT2D eigenvalue weighted by atomic mass is 16.3. The van der Waals surface area contributed by atoms with E-state index in [2.05, 4.69) is 29.1 Å². The zero-order valence-electron chi connectivity index (χ0n) is 11.4. The molecule has 0 spiro atoms. The van der Waals surface area contributed by atoms with Gasteiger partial charge in [-0.3, -0.25) is 0 Å². The van der Waals surface area contributed by atoms with Crippen LogP contribution in [0.5, 0.6) is 0 Å². The van der Waals surface area contributed by atoms with Crippen molar-refractivity contribution in [3.05, 3.63) is 47.7 Å². The Bertz CT molecular complexity index is 715. The highest BCUT2D eigenvalue weighted by molar-refractivity contribution is 5.82. The van der Waals surface area contributed by atoms with Crippen molar-refractivity contribution in [2.45, 2.75) is 26.3 Å². The van der Waals surface area contributed by atoms with Gasteiger partial charge in [-0.25, -0.2) is 9.67 Å². The summed E-state index contributed by atoms with van der Waals surface area (Å²) in [6.07, 6.45) is 4.95. The summed E-state index contributed by atoms with van der Waals surface area (Å²) >= 11 is 0. The molecule has 0 aliphatic carbocycles. The molecule has 0 saturated carbocycles. The Kier molecular flexibility index (Phi) is 3.52. The van der Waals surface area contributed by atoms with Crippen LogP contribution in [-0.4, -0.2) is 26.5 Å². The molecule has 2 heterocycles. The maximum absolute atomic E-state index is 9.02. The fraction of sp³-hybridized carbons (Fsp3) is 0.333. The van der Waals surface area contributed by atoms with Crippen molar-refractivity contribution >= 4 is 11.0 Å². The van der Waals surface area contributed by atoms with Gasteiger partial charge in [0.15, 0.2) is 0 Å². The zero-order chi connectivity index (χ0) is 13.9. The summed E-state index contributed by atoms with van der Waals surface area (Å²) in [5.74, 6) is 0.837. The molecule has 0 aliphatic rings. The first-order valence-electron chi connectivity index (χ1n) is 6.78. The monoisotopic (exact) mass is 271 g/mol. The van der Waals surface area contributed by atoms with E-state index in [-0.39, 0.29) is 6.61 Å². The van der Waals surface area contributed by atoms with Crippen molar-refractivity contribution in [2.24, 2.45) is 0 Å². The lowest BCUT2D eigenvalue weighted by molar-refractivity contribution is 0.267. The van der Waals surface area contributed by atoms with Gasteiger partial charge in [0, 0.05) is 17.4 Å². The molecule has 0 unspecified atom stereocenters. The molecule has 0 aliphatic heterocycles. The quantitative estimate of drug-likeness (QED) is 0.772. The smallest absolute Gasteiger partial charge is 0.138 e. The normalized spacial score (nSPS) is 11.3. The second kappa shape index (κ2) is 5.46. The van der Waals surface area contributed by atoms with Gasteiger partial charge >= 0.3 is 0 Å². The van der Waals surface area contributed by atoms with E-state index in [4.69, 9.17) is 9.52 Å². The van der Waals surface area contributed by atoms with E-state index in [0.29, 0.717) is 13.0 Å². The summed E-state index contributed by atoms with van der Waals surface area (Å²) in [6, 6.07) is 6.26. The topological polar surface area (TPSA) is 64.1 Å². The molecule has 5 nitrogen and oxygen atoms in total. The molecule has 1 N–H and O–H groups in total. The van der Waals surface area contributed by atoms with Gasteiger partial charge in [0.1, 0.15) is 17.7 Å². The van der Waals surface area contributed by atoms with E-state index < -0.39 is 0 Å². The van der Waals surface area contributed by atoms with E-state index in [1.807, 2.05) is 6.07 Å². The number of nitrogens with zero attached hydrogens (tertiary/aromatic N) is 3. The van der Waals surface area contributed by atoms with Gasteiger partial charge in [0.2, 0.25) is 0 Å². The number of aromatic nitrogens is 3. The molecular formula is C15H17N3O2. The lowest BCUT2D eigenvalue weighted by Gasteiger charge is -2.03. The summed E-state index contributed by atoms with van der Waals surface area (Å²) in [4.78, 5) is 4.26. The molecule has 1 aromatic carbocycles. The van der Waals surface area contributed by atoms with Crippen LogP contribution in [0.1, 0.15) is 23.9 Å². The van der Waals surface area contributed by atoms with Gasteiger partial charge in [-0.05, 0) is 24.1 Å². The van der Waals surface area contributed by atoms with E-state index >= 15 is 0 Å². The Morgan fingerprint density at radius 1 is 1.35 bits per heavy atom. The fourth-order valence-electron chi connectivity index (χ4n) is 2.36. The minimum atomic E-state index is 0.0580. The third-order valence-electron chi connectivity index (χ3n) is 3.48. The molecule has 3 rings (SSSR count). The minimum Gasteiger partial charge on any atom is -0.464 e. The third kappa shape index (κ3) is 2.32. The molecular weight excluding hydrogens is 254 g/mol. The van der Waals surface area contributed by atoms with Gasteiger partial charge in [0.05, 0.1) is 19.4 Å². The molecule has 20 heavy (non-hydrogen) atoms. The summed E-state index contributed by atoms with van der Waals surface area (Å²) in [6.45, 7) is 2.66. The predicted molar refractivity (Wildman–Crippen MR) is 75.5 cm³/mol. The zero-order valence-corrected chi connectivity index (χ0v) is 11.4. The summed E-state index contributed by atoms with van der Waals surface area (Å²) in [7, 11) is 0. The Hall–Kier alpha value is -2.14. The number of aryl methyl sites for hydroxylation is 1. The first kappa shape index (κ1) is 12.9. The van der Waals surface area contributed by atoms with Crippen molar-refractivity contribution in [3.63, 3.8) is 0 Å². The first-order chi connectivity index (χ1) is 9.81. The van der Waals surface area contributed by atoms with Crippen LogP contribution >= 0.6 is 0 Å². The average molecular weight is 271 g/mol. The van der Waals surface area contributed by atoms with Crippen LogP contribution in [0.15, 0.2) is 35.2 Å². The van der Waals surface area contributed by atoms with Gasteiger partial charge < -0.3 is 9.52 Å². The van der Waals surface area contributed by atoms with Crippen LogP contribution < -0.4 is 0 Å². The van der Waals surface area contributed by atoms with Crippen molar-refractivity contribution in [2.75, 3.05) is 6.61 Å². The van der Waals surface area contributed by atoms with Crippen molar-refractivity contribution in [1.29, 1.82) is 0 Å². The summed E-state index contributed by atoms with van der Waals surface area (Å²) < 4.78 is 7.32. The van der Waals surface area contributed by atoms with Crippen LogP contribution in [0.2, 0.25) is 0 Å². The number of aliphatic hydroxyl groups excluding tert-OH is 1. The van der Waals surface area contributed by atoms with Crippen molar-refractivity contribution < 1.29 is 9.52 Å². The largest absolute Gasteiger partial charge is 0.464 e. The van der Waals surface area contributed by atoms with Crippen LogP contribution in [0.25, 0.3) is 11.0 Å². The number of aliphatic hydroxyl groups is 1. The first-order valence-corrected chi connectivity index (χ1v) is 6.78. The van der Waals surface area contributed by atoms with Crippen LogP contribution in [0.3, 0.4) is 0 Å². The maximum Gasteiger partial charge on any atom is 0.138 e. The predicted octanol–water partition coefficient (Wildman–Crippen LogP) is 2.17. The third-order valence-corrected chi connectivity index (χ3v) is 3.48. The minimum absolute atomic E-state index is 0.0580. The molecule has 3 aromatic rings. The molecule has 0 fully saturated rings. The number of furan rings is 1. The molecule has 0 atom stereocenters. The average Bonchev–Trinajstić information content (AvgIpc) is 3.07. The van der Waals surface area contributed by atoms with Gasteiger partial charge in [-0.2, -0.15) is 5.10 Å².